The molecule has 2 aromatic carbocycles. The summed E-state index contributed by atoms with van der Waals surface area (Å²) in [6, 6.07) is 17.0. The summed E-state index contributed by atoms with van der Waals surface area (Å²) in [5, 5.41) is 1.30. The van der Waals surface area contributed by atoms with Crippen LogP contribution in [0.5, 0.6) is 0 Å². The minimum absolute atomic E-state index is 1.20. The van der Waals surface area contributed by atoms with Crippen LogP contribution in [-0.4, -0.2) is 4.98 Å². The number of H-pyrrole nitrogens is 1. The van der Waals surface area contributed by atoms with E-state index in [9.17, 15) is 0 Å². The van der Waals surface area contributed by atoms with E-state index in [0.29, 0.717) is 0 Å². The molecule has 0 saturated carbocycles. The van der Waals surface area contributed by atoms with Crippen molar-refractivity contribution < 1.29 is 0 Å². The van der Waals surface area contributed by atoms with E-state index in [2.05, 4.69) is 60.6 Å². The maximum absolute atomic E-state index is 3.31. The number of benzene rings is 2. The summed E-state index contributed by atoms with van der Waals surface area (Å²) in [5.74, 6) is 0. The van der Waals surface area contributed by atoms with E-state index in [4.69, 9.17) is 0 Å². The second kappa shape index (κ2) is 3.53. The van der Waals surface area contributed by atoms with Gasteiger partial charge in [-0.1, -0.05) is 42.0 Å². The Morgan fingerprint density at radius 1 is 0.938 bits per heavy atom. The lowest BCUT2D eigenvalue weighted by Crippen LogP contribution is -1.75. The van der Waals surface area contributed by atoms with Gasteiger partial charge in [0.2, 0.25) is 0 Å². The van der Waals surface area contributed by atoms with Crippen molar-refractivity contribution >= 4 is 10.9 Å². The molecule has 0 aliphatic heterocycles. The van der Waals surface area contributed by atoms with Gasteiger partial charge < -0.3 is 4.98 Å². The third-order valence-corrected chi connectivity index (χ3v) is 2.92. The number of aryl methyl sites for hydroxylation is 1. The average Bonchev–Trinajstić information content (AvgIpc) is 2.73. The Hall–Kier alpha value is -2.02. The lowest BCUT2D eigenvalue weighted by molar-refractivity contribution is 1.45. The van der Waals surface area contributed by atoms with Crippen LogP contribution in [0, 0.1) is 6.92 Å². The molecule has 78 valence electrons. The molecular formula is C15H13N. The van der Waals surface area contributed by atoms with Crippen LogP contribution in [-0.2, 0) is 0 Å². The summed E-state index contributed by atoms with van der Waals surface area (Å²) >= 11 is 0. The average molecular weight is 207 g/mol. The summed E-state index contributed by atoms with van der Waals surface area (Å²) in [7, 11) is 0. The number of aromatic nitrogens is 1. The Morgan fingerprint density at radius 3 is 2.56 bits per heavy atom. The van der Waals surface area contributed by atoms with Gasteiger partial charge in [-0.05, 0) is 24.6 Å². The minimum Gasteiger partial charge on any atom is -0.361 e. The van der Waals surface area contributed by atoms with Gasteiger partial charge >= 0.3 is 0 Å². The normalized spacial score (nSPS) is 10.8. The molecule has 16 heavy (non-hydrogen) atoms. The highest BCUT2D eigenvalue weighted by molar-refractivity contribution is 5.95. The number of hydrogen-bond donors (Lipinski definition) is 1. The Balaban J connectivity index is 2.29. The Kier molecular flexibility index (Phi) is 2.03. The predicted molar refractivity (Wildman–Crippen MR) is 68.5 cm³/mol. The SMILES string of the molecule is Cc1ccc2[nH]cc(-c3ccccc3)c2c1. The van der Waals surface area contributed by atoms with Crippen LogP contribution >= 0.6 is 0 Å². The maximum atomic E-state index is 3.31. The molecular weight excluding hydrogens is 194 g/mol. The van der Waals surface area contributed by atoms with Gasteiger partial charge in [-0.25, -0.2) is 0 Å². The number of nitrogens with one attached hydrogen (secondary N) is 1. The number of fused-ring (bicyclic) bond motifs is 1. The molecule has 1 heterocycles. The second-order valence-electron chi connectivity index (χ2n) is 4.12. The molecule has 0 atom stereocenters. The Morgan fingerprint density at radius 2 is 1.75 bits per heavy atom. The van der Waals surface area contributed by atoms with Crippen LogP contribution in [0.15, 0.2) is 54.7 Å². The van der Waals surface area contributed by atoms with E-state index in [1.165, 1.54) is 27.6 Å². The van der Waals surface area contributed by atoms with Crippen molar-refractivity contribution in [2.24, 2.45) is 0 Å². The van der Waals surface area contributed by atoms with Crippen LogP contribution in [0.3, 0.4) is 0 Å². The summed E-state index contributed by atoms with van der Waals surface area (Å²) in [4.78, 5) is 3.31. The van der Waals surface area contributed by atoms with Crippen molar-refractivity contribution in [2.75, 3.05) is 0 Å². The molecule has 3 rings (SSSR count). The first kappa shape index (κ1) is 9.22. The van der Waals surface area contributed by atoms with Gasteiger partial charge in [-0.2, -0.15) is 0 Å². The molecule has 1 heteroatoms. The standard InChI is InChI=1S/C15H13N/c1-11-7-8-15-13(9-11)14(10-16-15)12-5-3-2-4-6-12/h2-10,16H,1H3. The lowest BCUT2D eigenvalue weighted by Gasteiger charge is -1.99. The molecule has 0 saturated heterocycles. The van der Waals surface area contributed by atoms with Crippen molar-refractivity contribution in [3.63, 3.8) is 0 Å². The molecule has 0 bridgehead atoms. The van der Waals surface area contributed by atoms with Crippen LogP contribution in [0.1, 0.15) is 5.56 Å². The molecule has 0 aliphatic carbocycles. The number of rotatable bonds is 1. The van der Waals surface area contributed by atoms with E-state index in [-0.39, 0.29) is 0 Å². The van der Waals surface area contributed by atoms with Crippen LogP contribution in [0.25, 0.3) is 22.0 Å². The van der Waals surface area contributed by atoms with Gasteiger partial charge in [0, 0.05) is 22.7 Å². The van der Waals surface area contributed by atoms with Gasteiger partial charge in [0.15, 0.2) is 0 Å². The molecule has 0 fully saturated rings. The van der Waals surface area contributed by atoms with E-state index >= 15 is 0 Å². The minimum atomic E-state index is 1.20. The maximum Gasteiger partial charge on any atom is 0.0460 e. The molecule has 0 unspecified atom stereocenters. The first-order valence-electron chi connectivity index (χ1n) is 5.48. The highest BCUT2D eigenvalue weighted by Crippen LogP contribution is 2.28. The molecule has 1 N–H and O–H groups in total. The summed E-state index contributed by atoms with van der Waals surface area (Å²) in [6.45, 7) is 2.13. The molecule has 3 aromatic rings. The number of aromatic amines is 1. The lowest BCUT2D eigenvalue weighted by atomic mass is 10.0. The number of hydrogen-bond acceptors (Lipinski definition) is 0. The summed E-state index contributed by atoms with van der Waals surface area (Å²) in [6.07, 6.45) is 2.08. The second-order valence-corrected chi connectivity index (χ2v) is 4.12. The highest BCUT2D eigenvalue weighted by Gasteiger charge is 2.04. The quantitative estimate of drug-likeness (QED) is 0.617. The molecule has 1 nitrogen and oxygen atoms in total. The fourth-order valence-corrected chi connectivity index (χ4v) is 2.09. The van der Waals surface area contributed by atoms with E-state index in [0.717, 1.165) is 0 Å². The van der Waals surface area contributed by atoms with Crippen LogP contribution < -0.4 is 0 Å². The zero-order valence-corrected chi connectivity index (χ0v) is 9.20. The highest BCUT2D eigenvalue weighted by atomic mass is 14.7. The van der Waals surface area contributed by atoms with E-state index in [1.54, 1.807) is 0 Å². The largest absolute Gasteiger partial charge is 0.361 e. The Bertz CT molecular complexity index is 620. The molecule has 0 amide bonds. The molecule has 0 spiro atoms. The first-order chi connectivity index (χ1) is 7.84. The summed E-state index contributed by atoms with van der Waals surface area (Å²) < 4.78 is 0. The van der Waals surface area contributed by atoms with Crippen molar-refractivity contribution in [1.29, 1.82) is 0 Å². The third-order valence-electron chi connectivity index (χ3n) is 2.92. The van der Waals surface area contributed by atoms with Gasteiger partial charge in [-0.15, -0.1) is 0 Å². The van der Waals surface area contributed by atoms with Crippen LogP contribution in [0.2, 0.25) is 0 Å². The molecule has 0 aliphatic rings. The molecule has 1 aromatic heterocycles. The van der Waals surface area contributed by atoms with E-state index in [1.807, 2.05) is 6.07 Å². The topological polar surface area (TPSA) is 15.8 Å². The van der Waals surface area contributed by atoms with Gasteiger partial charge in [0.05, 0.1) is 0 Å². The zero-order chi connectivity index (χ0) is 11.0. The fraction of sp³-hybridized carbons (Fsp3) is 0.0667. The van der Waals surface area contributed by atoms with Gasteiger partial charge in [-0.3, -0.25) is 0 Å². The molecule has 0 radical (unpaired) electrons. The zero-order valence-electron chi connectivity index (χ0n) is 9.20. The fourth-order valence-electron chi connectivity index (χ4n) is 2.09. The monoisotopic (exact) mass is 207 g/mol. The van der Waals surface area contributed by atoms with Crippen molar-refractivity contribution in [3.05, 3.63) is 60.3 Å². The summed E-state index contributed by atoms with van der Waals surface area (Å²) in [5.41, 5.74) is 5.03. The van der Waals surface area contributed by atoms with Crippen molar-refractivity contribution in [2.45, 2.75) is 6.92 Å². The third kappa shape index (κ3) is 1.41. The smallest absolute Gasteiger partial charge is 0.0460 e. The Labute approximate surface area is 94.7 Å². The van der Waals surface area contributed by atoms with Crippen molar-refractivity contribution in [3.8, 4) is 11.1 Å². The van der Waals surface area contributed by atoms with Gasteiger partial charge in [0.25, 0.3) is 0 Å². The van der Waals surface area contributed by atoms with Crippen LogP contribution in [0.4, 0.5) is 0 Å². The van der Waals surface area contributed by atoms with Gasteiger partial charge in [0.1, 0.15) is 0 Å². The van der Waals surface area contributed by atoms with Crippen molar-refractivity contribution in [1.82, 2.24) is 4.98 Å². The predicted octanol–water partition coefficient (Wildman–Crippen LogP) is 4.14. The van der Waals surface area contributed by atoms with E-state index < -0.39 is 0 Å². The first-order valence-corrected chi connectivity index (χ1v) is 5.48.